The molecule has 8 heteroatoms. The highest BCUT2D eigenvalue weighted by molar-refractivity contribution is 5.95. The third-order valence-electron chi connectivity index (χ3n) is 3.63. The van der Waals surface area contributed by atoms with Crippen LogP contribution in [0.25, 0.3) is 5.65 Å². The molecule has 0 aliphatic rings. The Labute approximate surface area is 142 Å². The molecule has 0 fully saturated rings. The van der Waals surface area contributed by atoms with Gasteiger partial charge < -0.3 is 10.1 Å². The van der Waals surface area contributed by atoms with Gasteiger partial charge in [0.05, 0.1) is 5.56 Å². The number of benzene rings is 1. The number of pyridine rings is 1. The van der Waals surface area contributed by atoms with Crippen LogP contribution in [0.4, 0.5) is 5.69 Å². The molecular formula is C17H16N4O4. The van der Waals surface area contributed by atoms with Crippen LogP contribution in [0.3, 0.4) is 0 Å². The van der Waals surface area contributed by atoms with Crippen molar-refractivity contribution in [3.05, 3.63) is 64.2 Å². The molecule has 25 heavy (non-hydrogen) atoms. The zero-order chi connectivity index (χ0) is 17.8. The molecule has 2 aromatic heterocycles. The molecule has 2 N–H and O–H groups in total. The largest absolute Gasteiger partial charge is 0.452 e. The van der Waals surface area contributed by atoms with Gasteiger partial charge in [0.2, 0.25) is 0 Å². The Kier molecular flexibility index (Phi) is 4.60. The number of fused-ring (bicyclic) bond motifs is 1. The van der Waals surface area contributed by atoms with Crippen molar-refractivity contribution in [3.63, 3.8) is 0 Å². The molecule has 0 aliphatic heterocycles. The Balaban J connectivity index is 1.59. The van der Waals surface area contributed by atoms with E-state index < -0.39 is 24.2 Å². The number of carbonyl (C=O) groups excluding carboxylic acids is 2. The number of aryl methyl sites for hydroxylation is 1. The number of H-pyrrole nitrogens is 1. The lowest BCUT2D eigenvalue weighted by atomic mass is 10.1. The molecule has 0 unspecified atom stereocenters. The van der Waals surface area contributed by atoms with Crippen LogP contribution in [0.1, 0.15) is 22.8 Å². The quantitative estimate of drug-likeness (QED) is 0.683. The average Bonchev–Trinajstić information content (AvgIpc) is 3.01. The summed E-state index contributed by atoms with van der Waals surface area (Å²) in [4.78, 5) is 35.4. The molecule has 3 aromatic rings. The number of nitrogens with one attached hydrogen (secondary N) is 2. The molecule has 1 aromatic carbocycles. The van der Waals surface area contributed by atoms with Crippen LogP contribution < -0.4 is 11.0 Å². The summed E-state index contributed by atoms with van der Waals surface area (Å²) in [6.45, 7) is 1.62. The third kappa shape index (κ3) is 3.74. The fraction of sp³-hybridized carbons (Fsp3) is 0.176. The minimum Gasteiger partial charge on any atom is -0.452 e. The first-order chi connectivity index (χ1) is 12.1. The third-order valence-corrected chi connectivity index (χ3v) is 3.63. The molecular weight excluding hydrogens is 324 g/mol. The Morgan fingerprint density at radius 2 is 1.96 bits per heavy atom. The number of nitrogens with zero attached hydrogens (tertiary/aromatic N) is 2. The molecule has 2 heterocycles. The van der Waals surface area contributed by atoms with E-state index in [1.807, 2.05) is 19.1 Å². The summed E-state index contributed by atoms with van der Waals surface area (Å²) >= 11 is 0. The number of hydrogen-bond donors (Lipinski definition) is 2. The SMILES string of the molecule is CCc1ccc(NC(=O)COC(=O)c2ccc3n[nH]c(=O)n3c2)cc1. The van der Waals surface area contributed by atoms with Gasteiger partial charge in [0.25, 0.3) is 5.91 Å². The lowest BCUT2D eigenvalue weighted by Gasteiger charge is -2.07. The Hall–Kier alpha value is -3.42. The fourth-order valence-corrected chi connectivity index (χ4v) is 2.26. The molecule has 0 saturated heterocycles. The first-order valence-electron chi connectivity index (χ1n) is 7.69. The van der Waals surface area contributed by atoms with E-state index in [2.05, 4.69) is 15.5 Å². The second-order valence-electron chi connectivity index (χ2n) is 5.35. The maximum atomic E-state index is 12.0. The Morgan fingerprint density at radius 1 is 1.20 bits per heavy atom. The van der Waals surface area contributed by atoms with Gasteiger partial charge in [0.15, 0.2) is 12.3 Å². The summed E-state index contributed by atoms with van der Waals surface area (Å²) < 4.78 is 6.16. The minimum atomic E-state index is -0.702. The van der Waals surface area contributed by atoms with Crippen molar-refractivity contribution in [3.8, 4) is 0 Å². The summed E-state index contributed by atoms with van der Waals surface area (Å²) in [7, 11) is 0. The maximum absolute atomic E-state index is 12.0. The number of amides is 1. The maximum Gasteiger partial charge on any atom is 0.347 e. The molecule has 0 spiro atoms. The summed E-state index contributed by atoms with van der Waals surface area (Å²) in [5, 5.41) is 8.68. The number of aromatic nitrogens is 3. The lowest BCUT2D eigenvalue weighted by Crippen LogP contribution is -2.21. The van der Waals surface area contributed by atoms with Gasteiger partial charge >= 0.3 is 11.7 Å². The van der Waals surface area contributed by atoms with Crippen LogP contribution in [-0.2, 0) is 16.0 Å². The van der Waals surface area contributed by atoms with E-state index in [-0.39, 0.29) is 5.56 Å². The first-order valence-corrected chi connectivity index (χ1v) is 7.69. The number of rotatable bonds is 5. The van der Waals surface area contributed by atoms with Crippen LogP contribution in [0.15, 0.2) is 47.4 Å². The minimum absolute atomic E-state index is 0.149. The van der Waals surface area contributed by atoms with Gasteiger partial charge in [0.1, 0.15) is 0 Å². The Morgan fingerprint density at radius 3 is 2.68 bits per heavy atom. The summed E-state index contributed by atoms with van der Waals surface area (Å²) in [6, 6.07) is 10.4. The van der Waals surface area contributed by atoms with Gasteiger partial charge in [-0.25, -0.2) is 19.1 Å². The highest BCUT2D eigenvalue weighted by Gasteiger charge is 2.12. The monoisotopic (exact) mass is 340 g/mol. The molecule has 8 nitrogen and oxygen atoms in total. The number of aromatic amines is 1. The fourth-order valence-electron chi connectivity index (χ4n) is 2.26. The summed E-state index contributed by atoms with van der Waals surface area (Å²) in [6.07, 6.45) is 2.22. The molecule has 0 saturated carbocycles. The Bertz CT molecular complexity index is 972. The van der Waals surface area contributed by atoms with E-state index >= 15 is 0 Å². The number of esters is 1. The second kappa shape index (κ2) is 7.00. The van der Waals surface area contributed by atoms with Crippen LogP contribution in [0, 0.1) is 0 Å². The topological polar surface area (TPSA) is 106 Å². The zero-order valence-electron chi connectivity index (χ0n) is 13.5. The molecule has 0 bridgehead atoms. The smallest absolute Gasteiger partial charge is 0.347 e. The predicted octanol–water partition coefficient (Wildman–Crippen LogP) is 1.38. The van der Waals surface area contributed by atoms with Gasteiger partial charge in [-0.15, -0.1) is 0 Å². The molecule has 1 amide bonds. The highest BCUT2D eigenvalue weighted by atomic mass is 16.5. The van der Waals surface area contributed by atoms with E-state index in [9.17, 15) is 14.4 Å². The molecule has 0 atom stereocenters. The molecule has 0 aliphatic carbocycles. The van der Waals surface area contributed by atoms with Crippen LogP contribution in [0.5, 0.6) is 0 Å². The molecule has 0 radical (unpaired) electrons. The van der Waals surface area contributed by atoms with E-state index in [4.69, 9.17) is 4.74 Å². The van der Waals surface area contributed by atoms with Crippen molar-refractivity contribution in [1.29, 1.82) is 0 Å². The highest BCUT2D eigenvalue weighted by Crippen LogP contribution is 2.10. The molecule has 128 valence electrons. The van der Waals surface area contributed by atoms with Crippen molar-refractivity contribution < 1.29 is 14.3 Å². The molecule has 3 rings (SSSR count). The van der Waals surface area contributed by atoms with E-state index in [1.165, 1.54) is 22.7 Å². The second-order valence-corrected chi connectivity index (χ2v) is 5.35. The standard InChI is InChI=1S/C17H16N4O4/c1-2-11-3-6-13(7-4-11)18-15(22)10-25-16(23)12-5-8-14-19-20-17(24)21(14)9-12/h3-9H,2,10H2,1H3,(H,18,22)(H,20,24). The number of carbonyl (C=O) groups is 2. The summed E-state index contributed by atoms with van der Waals surface area (Å²) in [5.41, 5.74) is 1.86. The van der Waals surface area contributed by atoms with Crippen molar-refractivity contribution >= 4 is 23.2 Å². The number of hydrogen-bond acceptors (Lipinski definition) is 5. The van der Waals surface area contributed by atoms with E-state index in [0.717, 1.165) is 12.0 Å². The van der Waals surface area contributed by atoms with Crippen LogP contribution in [0.2, 0.25) is 0 Å². The van der Waals surface area contributed by atoms with Gasteiger partial charge in [-0.3, -0.25) is 4.79 Å². The van der Waals surface area contributed by atoms with Crippen LogP contribution in [-0.4, -0.2) is 33.1 Å². The van der Waals surface area contributed by atoms with Crippen molar-refractivity contribution in [2.75, 3.05) is 11.9 Å². The van der Waals surface area contributed by atoms with Crippen molar-refractivity contribution in [1.82, 2.24) is 14.6 Å². The van der Waals surface area contributed by atoms with Crippen LogP contribution >= 0.6 is 0 Å². The van der Waals surface area contributed by atoms with Crippen molar-refractivity contribution in [2.45, 2.75) is 13.3 Å². The predicted molar refractivity (Wildman–Crippen MR) is 90.5 cm³/mol. The van der Waals surface area contributed by atoms with E-state index in [1.54, 1.807) is 12.1 Å². The van der Waals surface area contributed by atoms with Gasteiger partial charge in [0, 0.05) is 11.9 Å². The van der Waals surface area contributed by atoms with Gasteiger partial charge in [-0.1, -0.05) is 19.1 Å². The van der Waals surface area contributed by atoms with E-state index in [0.29, 0.717) is 11.3 Å². The average molecular weight is 340 g/mol. The lowest BCUT2D eigenvalue weighted by molar-refractivity contribution is -0.119. The normalized spacial score (nSPS) is 10.6. The van der Waals surface area contributed by atoms with Crippen molar-refractivity contribution in [2.24, 2.45) is 0 Å². The number of anilines is 1. The zero-order valence-corrected chi connectivity index (χ0v) is 13.5. The first kappa shape index (κ1) is 16.4. The van der Waals surface area contributed by atoms with Gasteiger partial charge in [-0.2, -0.15) is 5.10 Å². The summed E-state index contributed by atoms with van der Waals surface area (Å²) in [5.74, 6) is -1.15. The number of ether oxygens (including phenoxy) is 1. The van der Waals surface area contributed by atoms with Gasteiger partial charge in [-0.05, 0) is 36.2 Å².